The van der Waals surface area contributed by atoms with Crippen LogP contribution in [0.5, 0.6) is 5.88 Å². The molecule has 0 bridgehead atoms. The van der Waals surface area contributed by atoms with E-state index in [1.807, 2.05) is 235 Å². The SMILES string of the molecule is CC(C)(O)CC(=O)Nc1nc2ccc(Cl)nc2n1C1CC(F)(F)C1.CCC(O)(CF)CC(=O)Nc1nc2ccc(C)nc2n1C1CCC1.COc1ccc(-n2c(NC(=O)CC(C)(C)C)nc3ccc(C)nc32)cn1.Cc1cc2nc(NC(=O)CC(C)(C)C)n(C(C)(C)C)c2nc1C.Cc1cc2nc(NC(=O)C[C@](C)(O)c3ccccc3)n(C(C)(C)C)c2nc1C.Cc1ccc2nc(NC(=O)CC(C)(C)C)n(C(C)(C)C)c2n1. The number of imidazole rings is 6. The van der Waals surface area contributed by atoms with Gasteiger partial charge in [-0.2, -0.15) is 0 Å². The largest absolute Gasteiger partial charge is 0.481 e. The van der Waals surface area contributed by atoms with Gasteiger partial charge in [-0.15, -0.1) is 0 Å². The molecule has 1 unspecified atom stereocenters. The molecule has 14 aromatic rings. The molecule has 35 nitrogen and oxygen atoms in total. The van der Waals surface area contributed by atoms with E-state index >= 15 is 0 Å². The second kappa shape index (κ2) is 44.8. The number of aromatic nitrogens is 19. The number of pyridine rings is 7. The standard InChI is InChI=1S/C22H28N4O2.C19H23N5O2.C18H28N4O.C17H23FN4O2.C17H26N4O.C15H17ClF2N4O2/c1-14-12-17-19(23-15(14)2)26(21(3,4)5)20(24-17)25-18(27)13-22(6,28)16-10-8-7-9-11-16;1-12-6-8-14-17(21-12)24(13-7-9-16(26-5)20-11-13)18(22-14)23-15(25)10-19(2,3)4;1-11-9-13-15(19-12(11)2)22(18(6,7)8)16(20-13)21-14(23)10-17(3,4)5;1-3-17(24,10-18)9-14(23)21-16-20-13-8-7-11(2)19-15(13)22(16)12-5-4-6-12;1-11-8-9-12-14(18-11)21(17(5,6)7)15(19-12)20-13(22)10-16(2,3)4;1-14(2,24)7-11(23)21-13-19-9-3-4-10(16)20-12(9)22(13)8-5-15(17,18)6-8/h7-12,28H,13H2,1-6H3,(H,24,25,27);6-9,11H,10H2,1-5H3,(H,22,23,25);9H,10H2,1-8H3,(H,20,21,23);7-8,12,24H,3-6,9-10H2,1-2H3,(H,20,21,23);8-9H,10H2,1-7H3,(H,19,20,22);3-4,8,24H,5-7H2,1-2H3,(H,19,21,23)/t22-;;;;;/m0...../s1. The highest BCUT2D eigenvalue weighted by Gasteiger charge is 2.48. The molecule has 16 rings (SSSR count). The predicted octanol–water partition coefficient (Wildman–Crippen LogP) is 21.7. The first-order chi connectivity index (χ1) is 68.1. The number of nitrogens with zero attached hydrogens (tertiary/aromatic N) is 19. The third kappa shape index (κ3) is 30.0. The highest BCUT2D eigenvalue weighted by Crippen LogP contribution is 2.48. The summed E-state index contributed by atoms with van der Waals surface area (Å²) in [6.07, 6.45) is 5.12. The molecular weight excluding hydrogens is 1900 g/mol. The van der Waals surface area contributed by atoms with E-state index < -0.39 is 47.3 Å². The average Bonchev–Trinajstić information content (AvgIpc) is 1.64. The monoisotopic (exact) mass is 2040 g/mol. The van der Waals surface area contributed by atoms with Crippen molar-refractivity contribution in [2.45, 2.75) is 329 Å². The lowest BCUT2D eigenvalue weighted by molar-refractivity contribution is -0.122. The maximum Gasteiger partial charge on any atom is 0.252 e. The fourth-order valence-electron chi connectivity index (χ4n) is 16.6. The number of aryl methyl sites for hydroxylation is 7. The second-order valence-electron chi connectivity index (χ2n) is 45.8. The molecule has 2 fully saturated rings. The number of rotatable bonds is 22. The number of hydrogen-bond donors (Lipinski definition) is 9. The summed E-state index contributed by atoms with van der Waals surface area (Å²) in [7, 11) is 1.57. The van der Waals surface area contributed by atoms with Crippen LogP contribution in [0.3, 0.4) is 0 Å². The maximum absolute atomic E-state index is 13.3. The maximum atomic E-state index is 13.3. The molecule has 0 aliphatic heterocycles. The van der Waals surface area contributed by atoms with E-state index in [2.05, 4.69) is 128 Å². The molecule has 790 valence electrons. The summed E-state index contributed by atoms with van der Waals surface area (Å²) in [6, 6.07) is 31.2. The minimum Gasteiger partial charge on any atom is -0.481 e. The van der Waals surface area contributed by atoms with E-state index in [0.29, 0.717) is 82.8 Å². The van der Waals surface area contributed by atoms with Crippen LogP contribution in [0.2, 0.25) is 5.15 Å². The third-order valence-electron chi connectivity index (χ3n) is 24.2. The molecule has 9 N–H and O–H groups in total. The lowest BCUT2D eigenvalue weighted by Crippen LogP contribution is -2.38. The highest BCUT2D eigenvalue weighted by atomic mass is 35.5. The van der Waals surface area contributed by atoms with Crippen molar-refractivity contribution in [3.05, 3.63) is 160 Å². The lowest BCUT2D eigenvalue weighted by atomic mass is 9.88. The zero-order valence-electron chi connectivity index (χ0n) is 90.4. The number of fused-ring (bicyclic) bond motifs is 6. The van der Waals surface area contributed by atoms with E-state index in [-0.39, 0.29) is 112 Å². The van der Waals surface area contributed by atoms with Gasteiger partial charge < -0.3 is 20.1 Å². The van der Waals surface area contributed by atoms with Gasteiger partial charge in [0.2, 0.25) is 77.0 Å². The van der Waals surface area contributed by atoms with E-state index in [4.69, 9.17) is 26.3 Å². The first kappa shape index (κ1) is 114. The van der Waals surface area contributed by atoms with Crippen molar-refractivity contribution in [1.29, 1.82) is 0 Å². The zero-order chi connectivity index (χ0) is 109. The van der Waals surface area contributed by atoms with Crippen LogP contribution in [-0.4, -0.2) is 174 Å². The Morgan fingerprint density at radius 3 is 1.17 bits per heavy atom. The first-order valence-corrected chi connectivity index (χ1v) is 49.8. The summed E-state index contributed by atoms with van der Waals surface area (Å²) >= 11 is 5.89. The number of amides is 6. The van der Waals surface area contributed by atoms with Gasteiger partial charge >= 0.3 is 0 Å². The van der Waals surface area contributed by atoms with Gasteiger partial charge in [0.25, 0.3) is 5.92 Å². The predicted molar refractivity (Wildman–Crippen MR) is 571 cm³/mol. The van der Waals surface area contributed by atoms with Crippen molar-refractivity contribution in [2.24, 2.45) is 16.2 Å². The molecule has 6 amide bonds. The number of benzene rings is 1. The number of nitrogens with one attached hydrogen (secondary N) is 6. The Kier molecular flexibility index (Phi) is 34.7. The van der Waals surface area contributed by atoms with Gasteiger partial charge in [0.1, 0.15) is 50.5 Å². The number of anilines is 6. The number of carbonyl (C=O) groups excluding carboxylic acids is 6. The van der Waals surface area contributed by atoms with Gasteiger partial charge in [0, 0.05) is 89.3 Å². The summed E-state index contributed by atoms with van der Waals surface area (Å²) in [5.41, 5.74) is 11.5. The summed E-state index contributed by atoms with van der Waals surface area (Å²) in [4.78, 5) is 133. The van der Waals surface area contributed by atoms with Crippen LogP contribution in [0.15, 0.2) is 109 Å². The number of alkyl halides is 3. The Bertz CT molecular complexity index is 7120. The Morgan fingerprint density at radius 1 is 0.415 bits per heavy atom. The number of methoxy groups -OCH3 is 1. The van der Waals surface area contributed by atoms with Crippen molar-refractivity contribution in [3.8, 4) is 11.6 Å². The summed E-state index contributed by atoms with van der Waals surface area (Å²) in [5, 5.41) is 47.8. The third-order valence-corrected chi connectivity index (χ3v) is 24.4. The van der Waals surface area contributed by atoms with Crippen LogP contribution in [0, 0.1) is 64.7 Å². The zero-order valence-corrected chi connectivity index (χ0v) is 91.2. The number of halogens is 4. The lowest BCUT2D eigenvalue weighted by Gasteiger charge is -2.36. The van der Waals surface area contributed by atoms with Crippen LogP contribution >= 0.6 is 11.6 Å². The Labute approximate surface area is 861 Å². The molecular formula is C108H145ClF3N25O10. The van der Waals surface area contributed by atoms with Crippen molar-refractivity contribution in [3.63, 3.8) is 0 Å². The molecule has 2 atom stereocenters. The smallest absolute Gasteiger partial charge is 0.252 e. The van der Waals surface area contributed by atoms with Crippen LogP contribution < -0.4 is 36.6 Å². The first-order valence-electron chi connectivity index (χ1n) is 49.4. The quantitative estimate of drug-likeness (QED) is 0.0285. The van der Waals surface area contributed by atoms with Crippen molar-refractivity contribution in [2.75, 3.05) is 45.7 Å². The fraction of sp³-hybridized carbons (Fsp3) is 0.509. The molecule has 13 aromatic heterocycles. The molecule has 0 radical (unpaired) electrons. The van der Waals surface area contributed by atoms with E-state index in [1.165, 1.54) is 18.4 Å². The van der Waals surface area contributed by atoms with Crippen LogP contribution in [0.4, 0.5) is 48.9 Å². The molecule has 147 heavy (non-hydrogen) atoms. The van der Waals surface area contributed by atoms with Crippen LogP contribution in [-0.2, 0) is 51.0 Å². The Morgan fingerprint density at radius 2 is 0.776 bits per heavy atom. The van der Waals surface area contributed by atoms with Crippen molar-refractivity contribution >= 4 is 150 Å². The molecule has 2 aliphatic rings. The minimum absolute atomic E-state index is 0.0215. The summed E-state index contributed by atoms with van der Waals surface area (Å²) in [5.74, 6) is -0.991. The molecule has 39 heteroatoms. The van der Waals surface area contributed by atoms with Gasteiger partial charge in [-0.05, 0) is 257 Å². The fourth-order valence-corrected chi connectivity index (χ4v) is 16.7. The Hall–Kier alpha value is -13.3. The highest BCUT2D eigenvalue weighted by molar-refractivity contribution is 6.29. The molecule has 2 aliphatic carbocycles. The number of carbonyl (C=O) groups is 6. The van der Waals surface area contributed by atoms with E-state index in [1.54, 1.807) is 49.9 Å². The van der Waals surface area contributed by atoms with E-state index in [9.17, 15) is 57.3 Å². The molecule has 0 spiro atoms. The molecule has 1 aromatic carbocycles. The van der Waals surface area contributed by atoms with Gasteiger partial charge in [0.15, 0.2) is 33.9 Å². The number of aliphatic hydroxyl groups is 3. The molecule has 2 saturated carbocycles. The van der Waals surface area contributed by atoms with Gasteiger partial charge in [-0.3, -0.25) is 88.1 Å². The molecule has 0 saturated heterocycles. The van der Waals surface area contributed by atoms with E-state index in [0.717, 1.165) is 109 Å². The van der Waals surface area contributed by atoms with Gasteiger partial charge in [-0.1, -0.05) is 111 Å². The number of hydrogen-bond acceptors (Lipinski definition) is 23. The van der Waals surface area contributed by atoms with Gasteiger partial charge in [-0.25, -0.2) is 78.0 Å². The average molecular weight is 2050 g/mol. The second-order valence-corrected chi connectivity index (χ2v) is 46.2. The summed E-state index contributed by atoms with van der Waals surface area (Å²) < 4.78 is 55.8. The summed E-state index contributed by atoms with van der Waals surface area (Å²) in [6.45, 7) is 56.1. The number of ether oxygens (including phenoxy) is 1. The topological polar surface area (TPSA) is 442 Å². The normalized spacial score (nSPS) is 14.4. The van der Waals surface area contributed by atoms with Crippen LogP contribution in [0.1, 0.15) is 287 Å². The van der Waals surface area contributed by atoms with Crippen molar-refractivity contribution in [1.82, 2.24) is 92.2 Å². The van der Waals surface area contributed by atoms with Crippen molar-refractivity contribution < 1.29 is 62.0 Å². The Balaban J connectivity index is 0.000000168. The minimum atomic E-state index is -2.73. The van der Waals surface area contributed by atoms with Crippen LogP contribution in [0.25, 0.3) is 72.7 Å². The molecule has 13 heterocycles. The van der Waals surface area contributed by atoms with Gasteiger partial charge in [0.05, 0.1) is 55.5 Å².